The van der Waals surface area contributed by atoms with E-state index in [2.05, 4.69) is 9.71 Å². The highest BCUT2D eigenvalue weighted by atomic mass is 32.2. The normalized spacial score (nSPS) is 23.8. The standard InChI is InChI=1S/C12H16N4O2S/c13-6-9-5-10(8-15-7-9)19(17,18)16-12-4-2-1-3-11(12)14/h5,7-8,11-12,16H,1-4,14H2/t11-,12-/m1/s1. The summed E-state index contributed by atoms with van der Waals surface area (Å²) in [6.07, 6.45) is 6.13. The molecule has 1 aliphatic carbocycles. The summed E-state index contributed by atoms with van der Waals surface area (Å²) < 4.78 is 27.0. The van der Waals surface area contributed by atoms with Crippen LogP contribution >= 0.6 is 0 Å². The molecule has 1 saturated carbocycles. The molecule has 0 amide bonds. The SMILES string of the molecule is N#Cc1cncc(S(=O)(=O)N[C@@H]2CCCC[C@H]2N)c1. The lowest BCUT2D eigenvalue weighted by Gasteiger charge is -2.28. The van der Waals surface area contributed by atoms with Gasteiger partial charge in [-0.15, -0.1) is 0 Å². The van der Waals surface area contributed by atoms with Crippen LogP contribution in [0.2, 0.25) is 0 Å². The van der Waals surface area contributed by atoms with Crippen molar-refractivity contribution in [2.75, 3.05) is 0 Å². The molecule has 1 aliphatic rings. The predicted molar refractivity (Wildman–Crippen MR) is 69.5 cm³/mol. The molecule has 0 aliphatic heterocycles. The van der Waals surface area contributed by atoms with Crippen LogP contribution in [-0.2, 0) is 10.0 Å². The summed E-state index contributed by atoms with van der Waals surface area (Å²) in [6.45, 7) is 0. The van der Waals surface area contributed by atoms with Crippen molar-refractivity contribution in [2.24, 2.45) is 5.73 Å². The molecule has 0 aromatic carbocycles. The van der Waals surface area contributed by atoms with Crippen LogP contribution in [0.1, 0.15) is 31.2 Å². The third kappa shape index (κ3) is 3.29. The third-order valence-corrected chi connectivity index (χ3v) is 4.74. The van der Waals surface area contributed by atoms with Gasteiger partial charge in [-0.3, -0.25) is 4.98 Å². The van der Waals surface area contributed by atoms with Crippen LogP contribution in [0, 0.1) is 11.3 Å². The van der Waals surface area contributed by atoms with E-state index < -0.39 is 10.0 Å². The molecule has 19 heavy (non-hydrogen) atoms. The van der Waals surface area contributed by atoms with Gasteiger partial charge in [0, 0.05) is 24.5 Å². The van der Waals surface area contributed by atoms with Crippen molar-refractivity contribution >= 4 is 10.0 Å². The molecule has 1 heterocycles. The molecule has 1 aromatic heterocycles. The number of aromatic nitrogens is 1. The van der Waals surface area contributed by atoms with Crippen LogP contribution in [0.4, 0.5) is 0 Å². The number of nitrogens with two attached hydrogens (primary N) is 1. The molecule has 2 atom stereocenters. The number of pyridine rings is 1. The highest BCUT2D eigenvalue weighted by Crippen LogP contribution is 2.19. The van der Waals surface area contributed by atoms with E-state index >= 15 is 0 Å². The summed E-state index contributed by atoms with van der Waals surface area (Å²) in [6, 6.07) is 2.78. The lowest BCUT2D eigenvalue weighted by molar-refractivity contribution is 0.361. The topological polar surface area (TPSA) is 109 Å². The van der Waals surface area contributed by atoms with Gasteiger partial charge < -0.3 is 5.73 Å². The van der Waals surface area contributed by atoms with Gasteiger partial charge in [0.05, 0.1) is 5.56 Å². The van der Waals surface area contributed by atoms with E-state index in [0.29, 0.717) is 0 Å². The minimum absolute atomic E-state index is 0.00400. The van der Waals surface area contributed by atoms with E-state index in [1.807, 2.05) is 6.07 Å². The molecule has 6 nitrogen and oxygen atoms in total. The molecule has 0 spiro atoms. The Bertz CT molecular complexity index is 594. The fourth-order valence-corrected chi connectivity index (χ4v) is 3.51. The van der Waals surface area contributed by atoms with E-state index in [0.717, 1.165) is 25.7 Å². The number of hydrogen-bond donors (Lipinski definition) is 2. The van der Waals surface area contributed by atoms with Crippen molar-refractivity contribution < 1.29 is 8.42 Å². The van der Waals surface area contributed by atoms with Gasteiger partial charge >= 0.3 is 0 Å². The summed E-state index contributed by atoms with van der Waals surface area (Å²) >= 11 is 0. The van der Waals surface area contributed by atoms with Crippen molar-refractivity contribution in [3.63, 3.8) is 0 Å². The van der Waals surface area contributed by atoms with Gasteiger partial charge in [0.1, 0.15) is 11.0 Å². The fourth-order valence-electron chi connectivity index (χ4n) is 2.20. The van der Waals surface area contributed by atoms with Gasteiger partial charge in [-0.2, -0.15) is 5.26 Å². The third-order valence-electron chi connectivity index (χ3n) is 3.28. The van der Waals surface area contributed by atoms with Gasteiger partial charge in [-0.25, -0.2) is 13.1 Å². The summed E-state index contributed by atoms with van der Waals surface area (Å²) in [5.74, 6) is 0. The predicted octanol–water partition coefficient (Wildman–Crippen LogP) is 0.501. The summed E-state index contributed by atoms with van der Waals surface area (Å²) in [5.41, 5.74) is 6.14. The van der Waals surface area contributed by atoms with Gasteiger partial charge in [-0.1, -0.05) is 12.8 Å². The Morgan fingerprint density at radius 3 is 2.79 bits per heavy atom. The maximum Gasteiger partial charge on any atom is 0.242 e. The molecule has 3 N–H and O–H groups in total. The lowest BCUT2D eigenvalue weighted by atomic mass is 9.92. The van der Waals surface area contributed by atoms with Crippen molar-refractivity contribution in [3.05, 3.63) is 24.0 Å². The van der Waals surface area contributed by atoms with Crippen LogP contribution in [-0.4, -0.2) is 25.5 Å². The number of nitrogens with one attached hydrogen (secondary N) is 1. The lowest BCUT2D eigenvalue weighted by Crippen LogP contribution is -2.49. The van der Waals surface area contributed by atoms with Crippen LogP contribution in [0.5, 0.6) is 0 Å². The first kappa shape index (κ1) is 13.9. The zero-order chi connectivity index (χ0) is 13.9. The molecule has 1 aromatic rings. The Kier molecular flexibility index (Phi) is 4.14. The van der Waals surface area contributed by atoms with E-state index in [1.54, 1.807) is 0 Å². The first-order valence-electron chi connectivity index (χ1n) is 6.16. The van der Waals surface area contributed by atoms with Gasteiger partial charge in [-0.05, 0) is 18.9 Å². The van der Waals surface area contributed by atoms with Crippen LogP contribution in [0.25, 0.3) is 0 Å². The molecule has 102 valence electrons. The highest BCUT2D eigenvalue weighted by molar-refractivity contribution is 7.89. The largest absolute Gasteiger partial charge is 0.326 e. The van der Waals surface area contributed by atoms with E-state index in [-0.39, 0.29) is 22.5 Å². The van der Waals surface area contributed by atoms with Crippen LogP contribution in [0.15, 0.2) is 23.4 Å². The molecule has 0 bridgehead atoms. The molecular formula is C12H16N4O2S. The van der Waals surface area contributed by atoms with E-state index in [4.69, 9.17) is 11.0 Å². The smallest absolute Gasteiger partial charge is 0.242 e. The van der Waals surface area contributed by atoms with Gasteiger partial charge in [0.2, 0.25) is 10.0 Å². The average molecular weight is 280 g/mol. The molecule has 1 fully saturated rings. The molecule has 0 radical (unpaired) electrons. The second-order valence-electron chi connectivity index (χ2n) is 4.70. The zero-order valence-electron chi connectivity index (χ0n) is 10.4. The highest BCUT2D eigenvalue weighted by Gasteiger charge is 2.27. The zero-order valence-corrected chi connectivity index (χ0v) is 11.2. The molecular weight excluding hydrogens is 264 g/mol. The van der Waals surface area contributed by atoms with Crippen molar-refractivity contribution in [3.8, 4) is 6.07 Å². The van der Waals surface area contributed by atoms with Crippen molar-refractivity contribution in [2.45, 2.75) is 42.7 Å². The quantitative estimate of drug-likeness (QED) is 0.838. The number of hydrogen-bond acceptors (Lipinski definition) is 5. The van der Waals surface area contributed by atoms with Crippen molar-refractivity contribution in [1.29, 1.82) is 5.26 Å². The second kappa shape index (κ2) is 5.65. The summed E-state index contributed by atoms with van der Waals surface area (Å²) in [7, 11) is -3.67. The van der Waals surface area contributed by atoms with Crippen LogP contribution < -0.4 is 10.5 Å². The van der Waals surface area contributed by atoms with E-state index in [9.17, 15) is 8.42 Å². The number of rotatable bonds is 3. The minimum Gasteiger partial charge on any atom is -0.326 e. The summed E-state index contributed by atoms with van der Waals surface area (Å²) in [5, 5.41) is 8.77. The van der Waals surface area contributed by atoms with Gasteiger partial charge in [0.25, 0.3) is 0 Å². The molecule has 2 rings (SSSR count). The Hall–Kier alpha value is -1.49. The monoisotopic (exact) mass is 280 g/mol. The molecule has 0 unspecified atom stereocenters. The Balaban J connectivity index is 2.20. The maximum absolute atomic E-state index is 12.2. The Morgan fingerprint density at radius 2 is 2.11 bits per heavy atom. The Morgan fingerprint density at radius 1 is 1.37 bits per heavy atom. The number of nitrogens with zero attached hydrogens (tertiary/aromatic N) is 2. The number of nitriles is 1. The first-order chi connectivity index (χ1) is 9.03. The molecule has 7 heteroatoms. The summed E-state index contributed by atoms with van der Waals surface area (Å²) in [4.78, 5) is 3.76. The minimum atomic E-state index is -3.67. The average Bonchev–Trinajstić information content (AvgIpc) is 2.41. The molecule has 0 saturated heterocycles. The van der Waals surface area contributed by atoms with E-state index in [1.165, 1.54) is 18.5 Å². The van der Waals surface area contributed by atoms with Crippen LogP contribution in [0.3, 0.4) is 0 Å². The second-order valence-corrected chi connectivity index (χ2v) is 6.41. The van der Waals surface area contributed by atoms with Gasteiger partial charge in [0.15, 0.2) is 0 Å². The maximum atomic E-state index is 12.2. The first-order valence-corrected chi connectivity index (χ1v) is 7.64. The van der Waals surface area contributed by atoms with Crippen molar-refractivity contribution in [1.82, 2.24) is 9.71 Å². The Labute approximate surface area is 112 Å². The number of sulfonamides is 1. The fraction of sp³-hybridized carbons (Fsp3) is 0.500.